The zero-order valence-electron chi connectivity index (χ0n) is 21.4. The number of rotatable bonds is 9. The average molecular weight is 499 g/mol. The number of carbonyl (C=O) groups excluding carboxylic acids is 3. The smallest absolute Gasteiger partial charge is 0.249 e. The number of amides is 2. The van der Waals surface area contributed by atoms with Crippen molar-refractivity contribution >= 4 is 34.3 Å². The van der Waals surface area contributed by atoms with Gasteiger partial charge in [-0.3, -0.25) is 24.3 Å². The topological polar surface area (TPSA) is 110 Å². The first-order valence-corrected chi connectivity index (χ1v) is 12.1. The Morgan fingerprint density at radius 2 is 1.76 bits per heavy atom. The van der Waals surface area contributed by atoms with Crippen LogP contribution >= 0.6 is 0 Å². The summed E-state index contributed by atoms with van der Waals surface area (Å²) in [6.07, 6.45) is 3.86. The second kappa shape index (κ2) is 10.7. The number of carbonyl (C=O) groups is 3. The van der Waals surface area contributed by atoms with Gasteiger partial charge in [0.15, 0.2) is 5.78 Å². The molecule has 1 N–H and O–H groups in total. The number of pyridine rings is 1. The molecule has 4 aromatic rings. The lowest BCUT2D eigenvalue weighted by Gasteiger charge is -2.34. The number of hydrogen-bond acceptors (Lipinski definition) is 6. The summed E-state index contributed by atoms with van der Waals surface area (Å²) >= 11 is 0. The number of benzene rings is 2. The lowest BCUT2D eigenvalue weighted by molar-refractivity contribution is -0.128. The van der Waals surface area contributed by atoms with Crippen LogP contribution in [0.15, 0.2) is 73.1 Å². The van der Waals surface area contributed by atoms with Gasteiger partial charge in [0.05, 0.1) is 5.52 Å². The molecule has 2 aromatic heterocycles. The van der Waals surface area contributed by atoms with Crippen molar-refractivity contribution in [1.29, 1.82) is 0 Å². The molecule has 0 fully saturated rings. The predicted molar refractivity (Wildman–Crippen MR) is 141 cm³/mol. The highest BCUT2D eigenvalue weighted by atomic mass is 16.2. The van der Waals surface area contributed by atoms with E-state index in [0.29, 0.717) is 34.3 Å². The normalized spacial score (nSPS) is 12.2. The largest absolute Gasteiger partial charge is 0.349 e. The molecule has 9 nitrogen and oxygen atoms in total. The van der Waals surface area contributed by atoms with Gasteiger partial charge < -0.3 is 5.32 Å². The Bertz CT molecular complexity index is 1430. The Morgan fingerprint density at radius 1 is 1.03 bits per heavy atom. The number of Topliss-reactive ketones (excluding diaryl/α,β-unsaturated/α-hetero) is 1. The minimum atomic E-state index is -1.02. The molecule has 9 heteroatoms. The number of aromatic nitrogens is 4. The molecule has 1 atom stereocenters. The fourth-order valence-electron chi connectivity index (χ4n) is 4.00. The molecule has 190 valence electrons. The Balaban J connectivity index is 1.84. The van der Waals surface area contributed by atoms with Gasteiger partial charge in [0, 0.05) is 29.2 Å². The summed E-state index contributed by atoms with van der Waals surface area (Å²) in [6, 6.07) is 16.5. The summed E-state index contributed by atoms with van der Waals surface area (Å²) in [5, 5.41) is 11.4. The average Bonchev–Trinajstić information content (AvgIpc) is 3.30. The lowest BCUT2D eigenvalue weighted by atomic mass is 9.98. The van der Waals surface area contributed by atoms with Crippen molar-refractivity contribution < 1.29 is 14.4 Å². The number of para-hydroxylation sites is 1. The molecule has 0 aliphatic heterocycles. The number of nitrogens with zero attached hydrogens (tertiary/aromatic N) is 5. The zero-order valence-corrected chi connectivity index (χ0v) is 21.4. The van der Waals surface area contributed by atoms with Gasteiger partial charge in [0.1, 0.15) is 18.1 Å². The molecule has 0 bridgehead atoms. The van der Waals surface area contributed by atoms with E-state index in [9.17, 15) is 14.4 Å². The van der Waals surface area contributed by atoms with Crippen LogP contribution in [0.3, 0.4) is 0 Å². The van der Waals surface area contributed by atoms with E-state index in [-0.39, 0.29) is 24.1 Å². The van der Waals surface area contributed by atoms with Crippen LogP contribution in [0.1, 0.15) is 56.1 Å². The third kappa shape index (κ3) is 5.72. The van der Waals surface area contributed by atoms with Gasteiger partial charge in [0.25, 0.3) is 0 Å². The van der Waals surface area contributed by atoms with E-state index in [1.807, 2.05) is 45.0 Å². The number of nitrogens with one attached hydrogen (secondary N) is 1. The summed E-state index contributed by atoms with van der Waals surface area (Å²) in [4.78, 5) is 45.6. The second-order valence-corrected chi connectivity index (χ2v) is 9.52. The van der Waals surface area contributed by atoms with Crippen molar-refractivity contribution in [3.8, 4) is 0 Å². The van der Waals surface area contributed by atoms with Crippen LogP contribution in [-0.2, 0) is 16.1 Å². The minimum absolute atomic E-state index is 0.145. The molecule has 4 rings (SSSR count). The van der Waals surface area contributed by atoms with Crippen LogP contribution in [0.4, 0.5) is 5.69 Å². The van der Waals surface area contributed by atoms with Crippen molar-refractivity contribution in [2.75, 3.05) is 4.90 Å². The molecule has 0 aliphatic carbocycles. The maximum atomic E-state index is 14.0. The van der Waals surface area contributed by atoms with Gasteiger partial charge in [-0.15, -0.1) is 5.10 Å². The van der Waals surface area contributed by atoms with Crippen molar-refractivity contribution in [3.63, 3.8) is 0 Å². The highest BCUT2D eigenvalue weighted by Crippen LogP contribution is 2.30. The van der Waals surface area contributed by atoms with Gasteiger partial charge in [-0.05, 0) is 69.2 Å². The van der Waals surface area contributed by atoms with Crippen molar-refractivity contribution in [2.45, 2.75) is 52.2 Å². The summed E-state index contributed by atoms with van der Waals surface area (Å²) in [5.41, 5.74) is 2.31. The Labute approximate surface area is 215 Å². The maximum absolute atomic E-state index is 14.0. The first-order chi connectivity index (χ1) is 17.7. The summed E-state index contributed by atoms with van der Waals surface area (Å²) < 4.78 is 1.51. The number of ketones is 1. The van der Waals surface area contributed by atoms with Crippen molar-refractivity contribution in [2.24, 2.45) is 0 Å². The molecule has 2 aromatic carbocycles. The van der Waals surface area contributed by atoms with Crippen LogP contribution in [0.25, 0.3) is 11.0 Å². The Morgan fingerprint density at radius 3 is 2.46 bits per heavy atom. The van der Waals surface area contributed by atoms with Crippen molar-refractivity contribution in [1.82, 2.24) is 25.3 Å². The zero-order chi connectivity index (χ0) is 26.6. The van der Waals surface area contributed by atoms with E-state index >= 15 is 0 Å². The molecule has 0 saturated carbocycles. The summed E-state index contributed by atoms with van der Waals surface area (Å²) in [5.74, 6) is -0.876. The number of hydrogen-bond donors (Lipinski definition) is 1. The standard InChI is InChI=1S/C28H30N6O3/c1-5-28(3,4)30-27(37)26(20-13-15-29-16-14-20)34(22-10-8-9-21(17-22)19(2)35)25(36)18-33-24-12-7-6-11-23(24)31-32-33/h6-17,26H,5,18H2,1-4H3,(H,30,37)/t26-/m0/s1. The fourth-order valence-corrected chi connectivity index (χ4v) is 4.00. The molecule has 2 amide bonds. The molecule has 0 unspecified atom stereocenters. The molecule has 0 spiro atoms. The molecule has 0 radical (unpaired) electrons. The molecule has 0 saturated heterocycles. The van der Waals surface area contributed by atoms with Gasteiger partial charge in [-0.2, -0.15) is 0 Å². The quantitative estimate of drug-likeness (QED) is 0.348. The van der Waals surface area contributed by atoms with Crippen LogP contribution in [0.2, 0.25) is 0 Å². The van der Waals surface area contributed by atoms with E-state index in [2.05, 4.69) is 20.6 Å². The predicted octanol–water partition coefficient (Wildman–Crippen LogP) is 4.11. The molecule has 37 heavy (non-hydrogen) atoms. The number of anilines is 1. The number of fused-ring (bicyclic) bond motifs is 1. The van der Waals surface area contributed by atoms with Crippen molar-refractivity contribution in [3.05, 3.63) is 84.2 Å². The maximum Gasteiger partial charge on any atom is 0.249 e. The molecular weight excluding hydrogens is 468 g/mol. The van der Waals surface area contributed by atoms with Crippen LogP contribution in [0.5, 0.6) is 0 Å². The highest BCUT2D eigenvalue weighted by Gasteiger charge is 2.35. The monoisotopic (exact) mass is 498 g/mol. The lowest BCUT2D eigenvalue weighted by Crippen LogP contribution is -2.51. The Hall–Kier alpha value is -4.40. The molecular formula is C28H30N6O3. The summed E-state index contributed by atoms with van der Waals surface area (Å²) in [7, 11) is 0. The van der Waals surface area contributed by atoms with Crippen LogP contribution in [0, 0.1) is 0 Å². The van der Waals surface area contributed by atoms with E-state index < -0.39 is 11.6 Å². The van der Waals surface area contributed by atoms with Crippen LogP contribution in [-0.4, -0.2) is 43.1 Å². The highest BCUT2D eigenvalue weighted by molar-refractivity contribution is 6.03. The minimum Gasteiger partial charge on any atom is -0.349 e. The first-order valence-electron chi connectivity index (χ1n) is 12.1. The van der Waals surface area contributed by atoms with Gasteiger partial charge in [-0.25, -0.2) is 4.68 Å². The van der Waals surface area contributed by atoms with E-state index in [1.54, 1.807) is 48.8 Å². The van der Waals surface area contributed by atoms with Crippen LogP contribution < -0.4 is 10.2 Å². The summed E-state index contributed by atoms with van der Waals surface area (Å²) in [6.45, 7) is 7.15. The SMILES string of the molecule is CCC(C)(C)NC(=O)[C@H](c1ccncc1)N(C(=O)Cn1nnc2ccccc21)c1cccc(C(C)=O)c1. The molecule has 2 heterocycles. The van der Waals surface area contributed by atoms with Gasteiger partial charge in [0.2, 0.25) is 11.8 Å². The molecule has 0 aliphatic rings. The van der Waals surface area contributed by atoms with E-state index in [4.69, 9.17) is 0 Å². The third-order valence-corrected chi connectivity index (χ3v) is 6.38. The third-order valence-electron chi connectivity index (χ3n) is 6.38. The van der Waals surface area contributed by atoms with E-state index in [1.165, 1.54) is 16.5 Å². The first kappa shape index (κ1) is 25.7. The second-order valence-electron chi connectivity index (χ2n) is 9.52. The van der Waals surface area contributed by atoms with Gasteiger partial charge >= 0.3 is 0 Å². The fraction of sp³-hybridized carbons (Fsp3) is 0.286. The van der Waals surface area contributed by atoms with E-state index in [0.717, 1.165) is 0 Å². The Kier molecular flexibility index (Phi) is 7.42. The van der Waals surface area contributed by atoms with Gasteiger partial charge in [-0.1, -0.05) is 36.4 Å².